The second-order valence-corrected chi connectivity index (χ2v) is 5.38. The molecular formula is C13H23NO3. The summed E-state index contributed by atoms with van der Waals surface area (Å²) >= 11 is 0. The maximum atomic E-state index is 11.8. The zero-order valence-corrected chi connectivity index (χ0v) is 11.2. The van der Waals surface area contributed by atoms with E-state index in [-0.39, 0.29) is 17.9 Å². The molecule has 1 N–H and O–H groups in total. The third kappa shape index (κ3) is 2.68. The molecule has 1 rings (SSSR count). The fourth-order valence-corrected chi connectivity index (χ4v) is 2.72. The van der Waals surface area contributed by atoms with Crippen LogP contribution in [-0.2, 0) is 9.59 Å². The van der Waals surface area contributed by atoms with Gasteiger partial charge in [0.2, 0.25) is 0 Å². The molecule has 4 nitrogen and oxygen atoms in total. The molecular weight excluding hydrogens is 218 g/mol. The van der Waals surface area contributed by atoms with Crippen molar-refractivity contribution in [3.8, 4) is 0 Å². The maximum Gasteiger partial charge on any atom is 0.310 e. The van der Waals surface area contributed by atoms with Gasteiger partial charge in [-0.1, -0.05) is 13.8 Å². The predicted octanol–water partition coefficient (Wildman–Crippen LogP) is 1.93. The number of carboxylic acids is 1. The van der Waals surface area contributed by atoms with Crippen LogP contribution in [0, 0.1) is 5.41 Å². The molecule has 0 aromatic heterocycles. The van der Waals surface area contributed by atoms with Crippen molar-refractivity contribution in [1.82, 2.24) is 4.90 Å². The Balaban J connectivity index is 3.01. The Morgan fingerprint density at radius 2 is 2.00 bits per heavy atom. The second-order valence-electron chi connectivity index (χ2n) is 5.38. The number of Topliss-reactive ketones (excluding diaryl/α,β-unsaturated/α-hetero) is 1. The number of aliphatic carboxylic acids is 1. The van der Waals surface area contributed by atoms with Crippen molar-refractivity contribution in [3.63, 3.8) is 0 Å². The fraction of sp³-hybridized carbons (Fsp3) is 0.846. The molecule has 1 saturated heterocycles. The van der Waals surface area contributed by atoms with E-state index >= 15 is 0 Å². The Hall–Kier alpha value is -0.900. The summed E-state index contributed by atoms with van der Waals surface area (Å²) in [5, 5.41) is 9.31. The monoisotopic (exact) mass is 241 g/mol. The van der Waals surface area contributed by atoms with E-state index < -0.39 is 11.4 Å². The number of piperidine rings is 1. The summed E-state index contributed by atoms with van der Waals surface area (Å²) in [5.41, 5.74) is -0.875. The first-order chi connectivity index (χ1) is 7.84. The van der Waals surface area contributed by atoms with Gasteiger partial charge in [-0.15, -0.1) is 0 Å². The Morgan fingerprint density at radius 1 is 1.41 bits per heavy atom. The molecule has 0 aromatic rings. The van der Waals surface area contributed by atoms with Crippen molar-refractivity contribution in [2.75, 3.05) is 6.54 Å². The predicted molar refractivity (Wildman–Crippen MR) is 65.9 cm³/mol. The molecule has 0 radical (unpaired) electrons. The second kappa shape index (κ2) is 5.17. The van der Waals surface area contributed by atoms with Crippen molar-refractivity contribution in [3.05, 3.63) is 0 Å². The van der Waals surface area contributed by atoms with Crippen LogP contribution >= 0.6 is 0 Å². The summed E-state index contributed by atoms with van der Waals surface area (Å²) in [6.07, 6.45) is 1.83. The van der Waals surface area contributed by atoms with Crippen LogP contribution in [0.4, 0.5) is 0 Å². The van der Waals surface area contributed by atoms with Gasteiger partial charge in [-0.2, -0.15) is 0 Å². The first kappa shape index (κ1) is 14.2. The molecule has 2 unspecified atom stereocenters. The van der Waals surface area contributed by atoms with E-state index in [0.29, 0.717) is 12.8 Å². The third-order valence-corrected chi connectivity index (χ3v) is 3.97. The first-order valence-corrected chi connectivity index (χ1v) is 6.35. The van der Waals surface area contributed by atoms with Crippen LogP contribution in [-0.4, -0.2) is 40.4 Å². The lowest BCUT2D eigenvalue weighted by Gasteiger charge is -2.46. The average molecular weight is 241 g/mol. The standard InChI is InChI=1S/C13H23NO3/c1-5-9-7-10(15)8-11(14(9)6-2)13(3,4)12(16)17/h9,11H,5-8H2,1-4H3,(H,16,17). The van der Waals surface area contributed by atoms with Gasteiger partial charge in [-0.25, -0.2) is 0 Å². The lowest BCUT2D eigenvalue weighted by atomic mass is 9.76. The molecule has 1 heterocycles. The van der Waals surface area contributed by atoms with Crippen LogP contribution in [0.15, 0.2) is 0 Å². The highest BCUT2D eigenvalue weighted by Gasteiger charge is 2.45. The van der Waals surface area contributed by atoms with Crippen molar-refractivity contribution < 1.29 is 14.7 Å². The lowest BCUT2D eigenvalue weighted by molar-refractivity contribution is -0.154. The van der Waals surface area contributed by atoms with Gasteiger partial charge >= 0.3 is 5.97 Å². The van der Waals surface area contributed by atoms with Crippen LogP contribution < -0.4 is 0 Å². The number of carbonyl (C=O) groups is 2. The zero-order valence-electron chi connectivity index (χ0n) is 11.2. The highest BCUT2D eigenvalue weighted by molar-refractivity contribution is 5.83. The van der Waals surface area contributed by atoms with E-state index in [0.717, 1.165) is 13.0 Å². The smallest absolute Gasteiger partial charge is 0.310 e. The summed E-state index contributed by atoms with van der Waals surface area (Å²) < 4.78 is 0. The van der Waals surface area contributed by atoms with Crippen LogP contribution in [0.3, 0.4) is 0 Å². The van der Waals surface area contributed by atoms with Gasteiger partial charge in [0, 0.05) is 24.9 Å². The number of hydrogen-bond donors (Lipinski definition) is 1. The Bertz CT molecular complexity index is 312. The number of rotatable bonds is 4. The number of carbonyl (C=O) groups excluding carboxylic acids is 1. The van der Waals surface area contributed by atoms with Gasteiger partial charge in [-0.05, 0) is 26.8 Å². The van der Waals surface area contributed by atoms with Gasteiger partial charge in [0.1, 0.15) is 5.78 Å². The topological polar surface area (TPSA) is 57.6 Å². The van der Waals surface area contributed by atoms with Crippen LogP contribution in [0.5, 0.6) is 0 Å². The molecule has 1 aliphatic heterocycles. The summed E-state index contributed by atoms with van der Waals surface area (Å²) in [6, 6.07) is 0.0149. The van der Waals surface area contributed by atoms with Gasteiger partial charge in [-0.3, -0.25) is 14.5 Å². The fourth-order valence-electron chi connectivity index (χ4n) is 2.72. The van der Waals surface area contributed by atoms with Crippen molar-refractivity contribution in [2.24, 2.45) is 5.41 Å². The third-order valence-electron chi connectivity index (χ3n) is 3.97. The minimum Gasteiger partial charge on any atom is -0.481 e. The highest BCUT2D eigenvalue weighted by atomic mass is 16.4. The Labute approximate surface area is 103 Å². The summed E-state index contributed by atoms with van der Waals surface area (Å²) in [6.45, 7) is 8.31. The van der Waals surface area contributed by atoms with Crippen LogP contribution in [0.2, 0.25) is 0 Å². The molecule has 2 atom stereocenters. The molecule has 1 fully saturated rings. The van der Waals surface area contributed by atoms with Gasteiger partial charge in [0.05, 0.1) is 5.41 Å². The quantitative estimate of drug-likeness (QED) is 0.817. The van der Waals surface area contributed by atoms with E-state index in [1.54, 1.807) is 13.8 Å². The molecule has 4 heteroatoms. The normalized spacial score (nSPS) is 27.2. The van der Waals surface area contributed by atoms with Gasteiger partial charge in [0.15, 0.2) is 0 Å². The van der Waals surface area contributed by atoms with E-state index in [9.17, 15) is 14.7 Å². The van der Waals surface area contributed by atoms with Crippen LogP contribution in [0.25, 0.3) is 0 Å². The van der Waals surface area contributed by atoms with E-state index in [1.807, 2.05) is 6.92 Å². The van der Waals surface area contributed by atoms with E-state index in [2.05, 4.69) is 11.8 Å². The number of nitrogens with zero attached hydrogens (tertiary/aromatic N) is 1. The molecule has 0 aliphatic carbocycles. The largest absolute Gasteiger partial charge is 0.481 e. The number of hydrogen-bond acceptors (Lipinski definition) is 3. The molecule has 0 spiro atoms. The van der Waals surface area contributed by atoms with Crippen molar-refractivity contribution in [2.45, 2.75) is 59.0 Å². The summed E-state index contributed by atoms with van der Waals surface area (Å²) in [5.74, 6) is -0.633. The van der Waals surface area contributed by atoms with Crippen molar-refractivity contribution in [1.29, 1.82) is 0 Å². The molecule has 98 valence electrons. The first-order valence-electron chi connectivity index (χ1n) is 6.35. The number of carboxylic acid groups (broad SMARTS) is 1. The maximum absolute atomic E-state index is 11.8. The average Bonchev–Trinajstić information content (AvgIpc) is 2.27. The van der Waals surface area contributed by atoms with Gasteiger partial charge < -0.3 is 5.11 Å². The lowest BCUT2D eigenvalue weighted by Crippen LogP contribution is -2.57. The summed E-state index contributed by atoms with van der Waals surface area (Å²) in [4.78, 5) is 25.3. The molecule has 0 amide bonds. The SMILES string of the molecule is CCC1CC(=O)CC(C(C)(C)C(=O)O)N1CC. The zero-order chi connectivity index (χ0) is 13.2. The number of likely N-dealkylation sites (tertiary alicyclic amines) is 1. The van der Waals surface area contributed by atoms with E-state index in [4.69, 9.17) is 0 Å². The van der Waals surface area contributed by atoms with Crippen LogP contribution in [0.1, 0.15) is 47.0 Å². The van der Waals surface area contributed by atoms with Gasteiger partial charge in [0.25, 0.3) is 0 Å². The molecule has 0 bridgehead atoms. The minimum absolute atomic E-state index is 0.184. The highest BCUT2D eigenvalue weighted by Crippen LogP contribution is 2.34. The minimum atomic E-state index is -0.875. The molecule has 0 saturated carbocycles. The number of ketones is 1. The van der Waals surface area contributed by atoms with E-state index in [1.165, 1.54) is 0 Å². The molecule has 17 heavy (non-hydrogen) atoms. The molecule has 1 aliphatic rings. The Morgan fingerprint density at radius 3 is 2.41 bits per heavy atom. The summed E-state index contributed by atoms with van der Waals surface area (Å²) in [7, 11) is 0. The Kier molecular flexibility index (Phi) is 4.31. The molecule has 0 aromatic carbocycles. The van der Waals surface area contributed by atoms with Crippen molar-refractivity contribution >= 4 is 11.8 Å².